The van der Waals surface area contributed by atoms with E-state index in [1.54, 1.807) is 36.0 Å². The molecule has 1 aliphatic rings. The molecule has 0 spiro atoms. The van der Waals surface area contributed by atoms with Gasteiger partial charge in [-0.15, -0.1) is 0 Å². The van der Waals surface area contributed by atoms with Crippen molar-refractivity contribution in [1.82, 2.24) is 20.0 Å². The van der Waals surface area contributed by atoms with E-state index < -0.39 is 30.1 Å². The fourth-order valence-electron chi connectivity index (χ4n) is 3.71. The van der Waals surface area contributed by atoms with Crippen LogP contribution in [0.5, 0.6) is 0 Å². The lowest BCUT2D eigenvalue weighted by molar-refractivity contribution is -0.115. The maximum atomic E-state index is 11.0. The third-order valence-electron chi connectivity index (χ3n) is 5.34. The van der Waals surface area contributed by atoms with Crippen molar-refractivity contribution in [2.75, 3.05) is 7.05 Å². The summed E-state index contributed by atoms with van der Waals surface area (Å²) in [7, 11) is 1.66. The highest BCUT2D eigenvalue weighted by atomic mass is 35.5. The van der Waals surface area contributed by atoms with Crippen LogP contribution in [-0.2, 0) is 4.74 Å². The average Bonchev–Trinajstić information content (AvgIpc) is 3.24. The Morgan fingerprint density at radius 1 is 1.33 bits per heavy atom. The molecular formula is C19H21Cl2N5O4. The maximum absolute atomic E-state index is 11.0. The first-order chi connectivity index (χ1) is 14.3. The van der Waals surface area contributed by atoms with Crippen molar-refractivity contribution in [2.24, 2.45) is 5.10 Å². The lowest BCUT2D eigenvalue weighted by Crippen LogP contribution is -2.47. The van der Waals surface area contributed by atoms with E-state index in [2.05, 4.69) is 20.5 Å². The molecule has 5 N–H and O–H groups in total. The molecule has 2 aromatic heterocycles. The van der Waals surface area contributed by atoms with E-state index in [1.807, 2.05) is 0 Å². The summed E-state index contributed by atoms with van der Waals surface area (Å²) in [6, 6.07) is 6.41. The summed E-state index contributed by atoms with van der Waals surface area (Å²) in [5, 5.41) is 38.2. The van der Waals surface area contributed by atoms with E-state index in [0.717, 1.165) is 0 Å². The summed E-state index contributed by atoms with van der Waals surface area (Å²) in [5.41, 5.74) is 2.39. The first-order valence-electron chi connectivity index (χ1n) is 9.19. The fraction of sp³-hybridized carbons (Fsp3) is 0.368. The third-order valence-corrected chi connectivity index (χ3v) is 6.08. The number of aromatic nitrogens is 3. The zero-order chi connectivity index (χ0) is 21.6. The molecular weight excluding hydrogens is 433 g/mol. The predicted molar refractivity (Wildman–Crippen MR) is 111 cm³/mol. The minimum Gasteiger partial charge on any atom is -0.386 e. The molecule has 9 nitrogen and oxygen atoms in total. The molecule has 160 valence electrons. The second-order valence-electron chi connectivity index (χ2n) is 7.28. The smallest absolute Gasteiger partial charge is 0.184 e. The highest BCUT2D eigenvalue weighted by molar-refractivity contribution is 6.42. The van der Waals surface area contributed by atoms with Crippen molar-refractivity contribution in [3.63, 3.8) is 0 Å². The Bertz CT molecular complexity index is 1150. The van der Waals surface area contributed by atoms with Crippen LogP contribution < -0.4 is 10.9 Å². The lowest BCUT2D eigenvalue weighted by Gasteiger charge is -2.29. The SMILES string of the molecule is CNN=c1nc[nH]c2c1ccn2[C@@H]1O[C@H]([C@H](O)c2ccc(Cl)c(Cl)c2)[C@@](C)(O)[C@H]1O. The van der Waals surface area contributed by atoms with Gasteiger partial charge in [0.25, 0.3) is 0 Å². The summed E-state index contributed by atoms with van der Waals surface area (Å²) in [4.78, 5) is 7.18. The molecule has 3 heterocycles. The van der Waals surface area contributed by atoms with E-state index >= 15 is 0 Å². The largest absolute Gasteiger partial charge is 0.386 e. The molecule has 0 aliphatic carbocycles. The van der Waals surface area contributed by atoms with Crippen molar-refractivity contribution in [3.8, 4) is 0 Å². The molecule has 1 saturated heterocycles. The average molecular weight is 454 g/mol. The van der Waals surface area contributed by atoms with Gasteiger partial charge in [-0.1, -0.05) is 29.3 Å². The summed E-state index contributed by atoms with van der Waals surface area (Å²) >= 11 is 12.0. The van der Waals surface area contributed by atoms with Crippen LogP contribution >= 0.6 is 23.2 Å². The van der Waals surface area contributed by atoms with E-state index in [-0.39, 0.29) is 5.02 Å². The standard InChI is InChI=1S/C19H21Cl2N5O4/c1-19(29)14(28)18(26-6-5-10-16(25-22-2)23-8-24-17(10)26)30-15(19)13(27)9-3-4-11(20)12(21)7-9/h3-8,13-15,18,22,27-29H,1-2H3,(H,23,24,25)/t13-,14+,15-,18-,19+/m1/s1. The van der Waals surface area contributed by atoms with Crippen LogP contribution in [-0.4, -0.2) is 54.7 Å². The Hall–Kier alpha value is -2.14. The highest BCUT2D eigenvalue weighted by Gasteiger charge is 2.55. The summed E-state index contributed by atoms with van der Waals surface area (Å²) in [6.45, 7) is 1.42. The van der Waals surface area contributed by atoms with Crippen molar-refractivity contribution in [2.45, 2.75) is 37.1 Å². The normalized spacial score (nSPS) is 28.2. The van der Waals surface area contributed by atoms with Gasteiger partial charge in [0, 0.05) is 13.2 Å². The highest BCUT2D eigenvalue weighted by Crippen LogP contribution is 2.43. The number of hydrogen-bond acceptors (Lipinski definition) is 7. The van der Waals surface area contributed by atoms with Gasteiger partial charge in [-0.05, 0) is 30.7 Å². The summed E-state index contributed by atoms with van der Waals surface area (Å²) in [5.74, 6) is 0. The van der Waals surface area contributed by atoms with Gasteiger partial charge in [-0.25, -0.2) is 4.98 Å². The van der Waals surface area contributed by atoms with Crippen LogP contribution in [0, 0.1) is 0 Å². The van der Waals surface area contributed by atoms with Gasteiger partial charge in [0.15, 0.2) is 11.7 Å². The maximum Gasteiger partial charge on any atom is 0.184 e. The van der Waals surface area contributed by atoms with Crippen LogP contribution in [0.1, 0.15) is 24.8 Å². The van der Waals surface area contributed by atoms with E-state index in [1.165, 1.54) is 19.3 Å². The number of benzene rings is 1. The van der Waals surface area contributed by atoms with E-state index in [0.29, 0.717) is 27.1 Å². The second-order valence-corrected chi connectivity index (χ2v) is 8.10. The number of rotatable bonds is 4. The quantitative estimate of drug-likeness (QED) is 0.380. The molecule has 1 fully saturated rings. The molecule has 30 heavy (non-hydrogen) atoms. The number of halogens is 2. The van der Waals surface area contributed by atoms with Gasteiger partial charge < -0.3 is 35.0 Å². The van der Waals surface area contributed by atoms with E-state index in [9.17, 15) is 15.3 Å². The molecule has 0 bridgehead atoms. The van der Waals surface area contributed by atoms with E-state index in [4.69, 9.17) is 27.9 Å². The number of aromatic amines is 1. The first-order valence-corrected chi connectivity index (χ1v) is 9.95. The lowest BCUT2D eigenvalue weighted by atomic mass is 9.88. The molecule has 0 saturated carbocycles. The van der Waals surface area contributed by atoms with Gasteiger partial charge in [0.05, 0.1) is 21.8 Å². The third kappa shape index (κ3) is 3.37. The number of ether oxygens (including phenoxy) is 1. The zero-order valence-corrected chi connectivity index (χ0v) is 17.6. The number of hydrogen-bond donors (Lipinski definition) is 5. The van der Waals surface area contributed by atoms with Crippen molar-refractivity contribution >= 4 is 34.2 Å². The molecule has 3 aromatic rings. The predicted octanol–water partition coefficient (Wildman–Crippen LogP) is 1.45. The Morgan fingerprint density at radius 2 is 2.10 bits per heavy atom. The number of fused-ring (bicyclic) bond motifs is 1. The minimum absolute atomic E-state index is 0.266. The molecule has 1 aromatic carbocycles. The molecule has 1 aliphatic heterocycles. The van der Waals surface area contributed by atoms with Crippen LogP contribution in [0.4, 0.5) is 0 Å². The number of nitrogens with zero attached hydrogens (tertiary/aromatic N) is 3. The Balaban J connectivity index is 1.72. The fourth-order valence-corrected chi connectivity index (χ4v) is 4.02. The van der Waals surface area contributed by atoms with Crippen LogP contribution in [0.2, 0.25) is 10.0 Å². The van der Waals surface area contributed by atoms with Crippen LogP contribution in [0.3, 0.4) is 0 Å². The zero-order valence-electron chi connectivity index (χ0n) is 16.1. The van der Waals surface area contributed by atoms with Crippen LogP contribution in [0.25, 0.3) is 11.0 Å². The number of aliphatic hydroxyl groups is 3. The molecule has 0 amide bonds. The van der Waals surface area contributed by atoms with Crippen molar-refractivity contribution < 1.29 is 20.1 Å². The van der Waals surface area contributed by atoms with Gasteiger partial charge in [0.1, 0.15) is 29.6 Å². The minimum atomic E-state index is -1.75. The number of H-pyrrole nitrogens is 1. The topological polar surface area (TPSA) is 128 Å². The molecule has 5 atom stereocenters. The molecule has 4 rings (SSSR count). The molecule has 0 unspecified atom stereocenters. The molecule has 0 radical (unpaired) electrons. The monoisotopic (exact) mass is 453 g/mol. The summed E-state index contributed by atoms with van der Waals surface area (Å²) in [6.07, 6.45) is -1.53. The van der Waals surface area contributed by atoms with Crippen molar-refractivity contribution in [1.29, 1.82) is 0 Å². The van der Waals surface area contributed by atoms with Gasteiger partial charge in [-0.3, -0.25) is 0 Å². The van der Waals surface area contributed by atoms with Crippen molar-refractivity contribution in [3.05, 3.63) is 57.9 Å². The number of aliphatic hydroxyl groups excluding tert-OH is 2. The summed E-state index contributed by atoms with van der Waals surface area (Å²) < 4.78 is 7.61. The second kappa shape index (κ2) is 7.84. The Kier molecular flexibility index (Phi) is 5.52. The molecule has 11 heteroatoms. The Labute approximate surface area is 181 Å². The van der Waals surface area contributed by atoms with Crippen LogP contribution in [0.15, 0.2) is 41.9 Å². The van der Waals surface area contributed by atoms with Gasteiger partial charge in [-0.2, -0.15) is 5.10 Å². The first kappa shape index (κ1) is 21.1. The van der Waals surface area contributed by atoms with Gasteiger partial charge in [0.2, 0.25) is 0 Å². The number of nitrogens with one attached hydrogen (secondary N) is 2. The van der Waals surface area contributed by atoms with Gasteiger partial charge >= 0.3 is 0 Å². The Morgan fingerprint density at radius 3 is 2.80 bits per heavy atom.